The maximum absolute atomic E-state index is 15.8. The van der Waals surface area contributed by atoms with Crippen LogP contribution in [0.4, 0.5) is 11.4 Å². The first-order valence-electron chi connectivity index (χ1n) is 13.8. The standard InChI is InChI=1S/C34H31N2O4PS/c1-21-16-33(37)39-30-19-25(12-13-26(21)30)40-41(38)31-17-23(35(2)3)10-14-28(31)34(27-9-7-6-8-22(27)20-42-34)29-15-11-24(36(4)5)18-32(29)41/h6-19H,20H2,1-5H3. The van der Waals surface area contributed by atoms with Crippen LogP contribution in [0, 0.1) is 6.92 Å². The van der Waals surface area contributed by atoms with Crippen molar-refractivity contribution in [1.29, 1.82) is 0 Å². The molecule has 0 amide bonds. The zero-order valence-electron chi connectivity index (χ0n) is 24.2. The van der Waals surface area contributed by atoms with Crippen molar-refractivity contribution < 1.29 is 13.5 Å². The fraction of sp³-hybridized carbons (Fsp3) is 0.206. The van der Waals surface area contributed by atoms with Crippen molar-refractivity contribution in [2.75, 3.05) is 38.0 Å². The number of thioether (sulfide) groups is 1. The van der Waals surface area contributed by atoms with E-state index in [0.717, 1.165) is 39.2 Å². The third kappa shape index (κ3) is 3.87. The first kappa shape index (κ1) is 26.9. The number of anilines is 2. The van der Waals surface area contributed by atoms with Crippen LogP contribution in [-0.4, -0.2) is 28.2 Å². The van der Waals surface area contributed by atoms with E-state index < -0.39 is 17.7 Å². The highest BCUT2D eigenvalue weighted by atomic mass is 32.2. The van der Waals surface area contributed by atoms with Crippen molar-refractivity contribution in [3.05, 3.63) is 123 Å². The molecule has 6 nitrogen and oxygen atoms in total. The number of hydrogen-bond acceptors (Lipinski definition) is 7. The molecule has 4 aromatic carbocycles. The van der Waals surface area contributed by atoms with Crippen LogP contribution < -0.4 is 30.6 Å². The van der Waals surface area contributed by atoms with Gasteiger partial charge in [-0.05, 0) is 71.1 Å². The van der Waals surface area contributed by atoms with E-state index in [1.807, 2.05) is 80.9 Å². The van der Waals surface area contributed by atoms with Gasteiger partial charge in [-0.2, -0.15) is 0 Å². The highest BCUT2D eigenvalue weighted by Crippen LogP contribution is 2.63. The normalized spacial score (nSPS) is 20.2. The zero-order valence-corrected chi connectivity index (χ0v) is 25.9. The monoisotopic (exact) mass is 594 g/mol. The molecule has 0 atom stereocenters. The van der Waals surface area contributed by atoms with E-state index in [1.165, 1.54) is 17.2 Å². The highest BCUT2D eigenvalue weighted by Gasteiger charge is 2.54. The topological polar surface area (TPSA) is 63.0 Å². The van der Waals surface area contributed by atoms with Gasteiger partial charge < -0.3 is 18.7 Å². The third-order valence-corrected chi connectivity index (χ3v) is 12.4. The number of fused-ring (bicyclic) bond motifs is 7. The maximum atomic E-state index is 15.8. The molecule has 5 aromatic rings. The molecule has 1 aromatic heterocycles. The van der Waals surface area contributed by atoms with Gasteiger partial charge in [0.05, 0.1) is 15.4 Å². The lowest BCUT2D eigenvalue weighted by Crippen LogP contribution is -2.42. The number of aryl methyl sites for hydroxylation is 1. The van der Waals surface area contributed by atoms with Crippen LogP contribution in [0.5, 0.6) is 5.75 Å². The van der Waals surface area contributed by atoms with E-state index in [1.54, 1.807) is 6.07 Å². The lowest BCUT2D eigenvalue weighted by molar-refractivity contribution is 0.499. The first-order valence-corrected chi connectivity index (χ1v) is 16.4. The molecule has 0 N–H and O–H groups in total. The van der Waals surface area contributed by atoms with Crippen LogP contribution in [0.2, 0.25) is 0 Å². The van der Waals surface area contributed by atoms with Crippen molar-refractivity contribution in [3.8, 4) is 5.75 Å². The second-order valence-corrected chi connectivity index (χ2v) is 14.8. The van der Waals surface area contributed by atoms with Crippen molar-refractivity contribution >= 4 is 52.1 Å². The van der Waals surface area contributed by atoms with E-state index in [9.17, 15) is 4.79 Å². The van der Waals surface area contributed by atoms with Crippen LogP contribution >= 0.6 is 19.1 Å². The molecule has 0 fully saturated rings. The SMILES string of the molecule is Cc1cc(=O)oc2cc(OP3(=O)c4cc(N(C)C)ccc4C4(SCc5ccccc54)c4ccc(N(C)C)cc43)ccc12. The summed E-state index contributed by atoms with van der Waals surface area (Å²) < 4.78 is 27.4. The second kappa shape index (κ2) is 9.55. The first-order chi connectivity index (χ1) is 20.1. The Hall–Kier alpha value is -3.93. The molecule has 42 heavy (non-hydrogen) atoms. The summed E-state index contributed by atoms with van der Waals surface area (Å²) >= 11 is 1.87. The Kier molecular flexibility index (Phi) is 6.12. The van der Waals surface area contributed by atoms with E-state index >= 15 is 4.57 Å². The summed E-state index contributed by atoms with van der Waals surface area (Å²) in [7, 11) is 4.21. The highest BCUT2D eigenvalue weighted by molar-refractivity contribution is 8.00. The van der Waals surface area contributed by atoms with Crippen LogP contribution in [0.15, 0.2) is 94.1 Å². The van der Waals surface area contributed by atoms with Gasteiger partial charge >= 0.3 is 13.0 Å². The van der Waals surface area contributed by atoms with Gasteiger partial charge in [0.2, 0.25) is 0 Å². The van der Waals surface area contributed by atoms with Gasteiger partial charge in [0, 0.05) is 62.8 Å². The fourth-order valence-electron chi connectivity index (χ4n) is 6.26. The largest absolute Gasteiger partial charge is 0.437 e. The summed E-state index contributed by atoms with van der Waals surface area (Å²) in [5.74, 6) is 1.24. The van der Waals surface area contributed by atoms with Gasteiger partial charge in [0.15, 0.2) is 0 Å². The van der Waals surface area contributed by atoms with Gasteiger partial charge in [-0.25, -0.2) is 4.79 Å². The van der Waals surface area contributed by atoms with Crippen LogP contribution in [-0.2, 0) is 15.1 Å². The fourth-order valence-corrected chi connectivity index (χ4v) is 10.6. The predicted molar refractivity (Wildman–Crippen MR) is 174 cm³/mol. The average Bonchev–Trinajstić information content (AvgIpc) is 3.35. The van der Waals surface area contributed by atoms with Crippen LogP contribution in [0.3, 0.4) is 0 Å². The molecule has 0 radical (unpaired) electrons. The molecule has 0 saturated carbocycles. The molecule has 0 bridgehead atoms. The molecule has 1 spiro atoms. The van der Waals surface area contributed by atoms with Gasteiger partial charge in [0.1, 0.15) is 11.3 Å². The van der Waals surface area contributed by atoms with E-state index in [-0.39, 0.29) is 0 Å². The van der Waals surface area contributed by atoms with Crippen LogP contribution in [0.25, 0.3) is 11.0 Å². The van der Waals surface area contributed by atoms with E-state index in [4.69, 9.17) is 8.94 Å². The molecule has 0 saturated heterocycles. The van der Waals surface area contributed by atoms with E-state index in [0.29, 0.717) is 21.9 Å². The Morgan fingerprint density at radius 3 is 2.10 bits per heavy atom. The smallest absolute Gasteiger partial charge is 0.336 e. The summed E-state index contributed by atoms with van der Waals surface area (Å²) in [6.45, 7) is 1.87. The molecule has 7 rings (SSSR count). The van der Waals surface area contributed by atoms with Crippen molar-refractivity contribution in [3.63, 3.8) is 0 Å². The Morgan fingerprint density at radius 1 is 0.810 bits per heavy atom. The molecule has 0 aliphatic carbocycles. The number of hydrogen-bond donors (Lipinski definition) is 0. The Morgan fingerprint density at radius 2 is 1.45 bits per heavy atom. The molecular formula is C34H31N2O4PS. The zero-order chi connectivity index (χ0) is 29.4. The third-order valence-electron chi connectivity index (χ3n) is 8.39. The lowest BCUT2D eigenvalue weighted by Gasteiger charge is -2.41. The summed E-state index contributed by atoms with van der Waals surface area (Å²) in [6, 6.07) is 27.9. The Balaban J connectivity index is 1.53. The van der Waals surface area contributed by atoms with Gasteiger partial charge in [0.25, 0.3) is 0 Å². The minimum absolute atomic E-state index is 0.387. The molecule has 8 heteroatoms. The van der Waals surface area contributed by atoms with Crippen molar-refractivity contribution in [1.82, 2.24) is 0 Å². The van der Waals surface area contributed by atoms with Gasteiger partial charge in [-0.1, -0.05) is 36.4 Å². The van der Waals surface area contributed by atoms with Crippen molar-refractivity contribution in [2.24, 2.45) is 0 Å². The van der Waals surface area contributed by atoms with Crippen molar-refractivity contribution in [2.45, 2.75) is 17.4 Å². The quantitative estimate of drug-likeness (QED) is 0.176. The molecular weight excluding hydrogens is 563 g/mol. The number of rotatable bonds is 4. The number of benzene rings is 4. The van der Waals surface area contributed by atoms with Gasteiger partial charge in [-0.3, -0.25) is 4.57 Å². The van der Waals surface area contributed by atoms with Gasteiger partial charge in [-0.15, -0.1) is 11.8 Å². The molecule has 0 unspecified atom stereocenters. The Labute approximate surface area is 249 Å². The Bertz CT molecular complexity index is 1950. The molecule has 2 aliphatic heterocycles. The molecule has 3 heterocycles. The summed E-state index contributed by atoms with van der Waals surface area (Å²) in [5.41, 5.74) is 7.15. The minimum Gasteiger partial charge on any atom is -0.437 e. The number of nitrogens with zero attached hydrogens (tertiary/aromatic N) is 2. The summed E-state index contributed by atoms with van der Waals surface area (Å²) in [6.07, 6.45) is 0. The van der Waals surface area contributed by atoms with E-state index in [2.05, 4.69) is 48.5 Å². The summed E-state index contributed by atoms with van der Waals surface area (Å²) in [5, 5.41) is 2.19. The average molecular weight is 595 g/mol. The lowest BCUT2D eigenvalue weighted by atomic mass is 9.81. The maximum Gasteiger partial charge on any atom is 0.336 e. The molecule has 2 aliphatic rings. The minimum atomic E-state index is -3.73. The predicted octanol–water partition coefficient (Wildman–Crippen LogP) is 6.39. The second-order valence-electron chi connectivity index (χ2n) is 11.4. The summed E-state index contributed by atoms with van der Waals surface area (Å²) in [4.78, 5) is 16.2. The molecule has 212 valence electrons. The van der Waals surface area contributed by atoms with Crippen LogP contribution in [0.1, 0.15) is 27.8 Å².